The molecule has 0 spiro atoms. The van der Waals surface area contributed by atoms with E-state index < -0.39 is 0 Å². The number of benzene rings is 2. The van der Waals surface area contributed by atoms with Gasteiger partial charge in [0.15, 0.2) is 0 Å². The molecule has 0 bridgehead atoms. The molecular formula is C23H18N2OS. The van der Waals surface area contributed by atoms with Crippen LogP contribution in [0.2, 0.25) is 0 Å². The summed E-state index contributed by atoms with van der Waals surface area (Å²) in [5, 5.41) is 2.65. The molecule has 132 valence electrons. The first-order chi connectivity index (χ1) is 13.1. The molecular weight excluding hydrogens is 352 g/mol. The van der Waals surface area contributed by atoms with Crippen LogP contribution in [0.3, 0.4) is 0 Å². The Balaban J connectivity index is 2.01. The Morgan fingerprint density at radius 2 is 1.85 bits per heavy atom. The maximum absolute atomic E-state index is 13.4. The summed E-state index contributed by atoms with van der Waals surface area (Å²) in [6.07, 6.45) is 5.55. The number of nitrogens with zero attached hydrogens (tertiary/aromatic N) is 2. The second-order valence-electron chi connectivity index (χ2n) is 6.53. The summed E-state index contributed by atoms with van der Waals surface area (Å²) in [6.45, 7) is 4.35. The van der Waals surface area contributed by atoms with Gasteiger partial charge in [-0.2, -0.15) is 0 Å². The third-order valence-corrected chi connectivity index (χ3v) is 5.67. The van der Waals surface area contributed by atoms with E-state index in [1.165, 1.54) is 22.5 Å². The summed E-state index contributed by atoms with van der Waals surface area (Å²) in [5.41, 5.74) is 5.17. The van der Waals surface area contributed by atoms with Crippen LogP contribution in [-0.4, -0.2) is 9.55 Å². The molecule has 0 aliphatic heterocycles. The van der Waals surface area contributed by atoms with E-state index in [1.54, 1.807) is 4.57 Å². The van der Waals surface area contributed by atoms with Gasteiger partial charge in [-0.15, -0.1) is 17.8 Å². The largest absolute Gasteiger partial charge is 0.280 e. The Kier molecular flexibility index (Phi) is 4.39. The molecule has 0 amide bonds. The third-order valence-electron chi connectivity index (χ3n) is 4.79. The minimum absolute atomic E-state index is 0.0914. The average Bonchev–Trinajstić information content (AvgIpc) is 3.11. The van der Waals surface area contributed by atoms with Crippen LogP contribution < -0.4 is 5.56 Å². The minimum atomic E-state index is -0.0914. The fourth-order valence-corrected chi connectivity index (χ4v) is 4.13. The standard InChI is InChI=1S/C23H18N2OS/c1-4-12-25-21(17-8-6-5-7-9-17)24-22-20(23(25)26)19(14-27-22)18-11-10-15(2)16(3)13-18/h1,5-11,13-14H,12H2,2-3H3. The first-order valence-corrected chi connectivity index (χ1v) is 9.56. The molecule has 0 radical (unpaired) electrons. The van der Waals surface area contributed by atoms with Crippen LogP contribution in [0, 0.1) is 26.2 Å². The van der Waals surface area contributed by atoms with Crippen molar-refractivity contribution < 1.29 is 0 Å². The summed E-state index contributed by atoms with van der Waals surface area (Å²) in [6, 6.07) is 15.9. The van der Waals surface area contributed by atoms with E-state index in [4.69, 9.17) is 11.4 Å². The number of fused-ring (bicyclic) bond motifs is 1. The highest BCUT2D eigenvalue weighted by atomic mass is 32.1. The lowest BCUT2D eigenvalue weighted by atomic mass is 10.0. The van der Waals surface area contributed by atoms with Crippen molar-refractivity contribution in [3.05, 3.63) is 75.4 Å². The molecule has 2 heterocycles. The highest BCUT2D eigenvalue weighted by Gasteiger charge is 2.17. The van der Waals surface area contributed by atoms with Crippen molar-refractivity contribution in [2.24, 2.45) is 0 Å². The number of aromatic nitrogens is 2. The van der Waals surface area contributed by atoms with Crippen LogP contribution in [0.15, 0.2) is 58.7 Å². The zero-order valence-corrected chi connectivity index (χ0v) is 16.0. The predicted molar refractivity (Wildman–Crippen MR) is 113 cm³/mol. The minimum Gasteiger partial charge on any atom is -0.280 e. The Morgan fingerprint density at radius 3 is 2.56 bits per heavy atom. The first-order valence-electron chi connectivity index (χ1n) is 8.68. The van der Waals surface area contributed by atoms with Gasteiger partial charge in [0.05, 0.1) is 11.9 Å². The van der Waals surface area contributed by atoms with Crippen LogP contribution in [0.5, 0.6) is 0 Å². The normalized spacial score (nSPS) is 10.9. The van der Waals surface area contributed by atoms with Gasteiger partial charge >= 0.3 is 0 Å². The van der Waals surface area contributed by atoms with Crippen molar-refractivity contribution in [1.29, 1.82) is 0 Å². The average molecular weight is 370 g/mol. The second-order valence-corrected chi connectivity index (χ2v) is 7.38. The molecule has 4 heteroatoms. The summed E-state index contributed by atoms with van der Waals surface area (Å²) < 4.78 is 1.59. The molecule has 4 rings (SSSR count). The number of terminal acetylenes is 1. The molecule has 0 N–H and O–H groups in total. The maximum atomic E-state index is 13.4. The predicted octanol–water partition coefficient (Wildman–Crippen LogP) is 5.04. The van der Waals surface area contributed by atoms with Crippen LogP contribution in [0.25, 0.3) is 32.7 Å². The van der Waals surface area contributed by atoms with Crippen molar-refractivity contribution in [3.8, 4) is 34.9 Å². The Hall–Kier alpha value is -3.16. The highest BCUT2D eigenvalue weighted by Crippen LogP contribution is 2.33. The maximum Gasteiger partial charge on any atom is 0.264 e. The van der Waals surface area contributed by atoms with Gasteiger partial charge in [-0.1, -0.05) is 54.5 Å². The first kappa shape index (κ1) is 17.3. The second kappa shape index (κ2) is 6.86. The van der Waals surface area contributed by atoms with E-state index in [-0.39, 0.29) is 12.1 Å². The summed E-state index contributed by atoms with van der Waals surface area (Å²) in [5.74, 6) is 3.20. The van der Waals surface area contributed by atoms with Crippen molar-refractivity contribution in [3.63, 3.8) is 0 Å². The lowest BCUT2D eigenvalue weighted by Gasteiger charge is -2.11. The van der Waals surface area contributed by atoms with Crippen LogP contribution in [0.4, 0.5) is 0 Å². The smallest absolute Gasteiger partial charge is 0.264 e. The summed E-state index contributed by atoms with van der Waals surface area (Å²) >= 11 is 1.49. The zero-order valence-electron chi connectivity index (χ0n) is 15.2. The van der Waals surface area contributed by atoms with Crippen LogP contribution in [-0.2, 0) is 6.54 Å². The van der Waals surface area contributed by atoms with Crippen molar-refractivity contribution in [2.45, 2.75) is 20.4 Å². The van der Waals surface area contributed by atoms with Crippen LogP contribution in [0.1, 0.15) is 11.1 Å². The SMILES string of the molecule is C#CCn1c(-c2ccccc2)nc2scc(-c3ccc(C)c(C)c3)c2c1=O. The molecule has 0 saturated heterocycles. The van der Waals surface area contributed by atoms with Gasteiger partial charge in [-0.3, -0.25) is 9.36 Å². The number of hydrogen-bond donors (Lipinski definition) is 0. The topological polar surface area (TPSA) is 34.9 Å². The molecule has 0 saturated carbocycles. The van der Waals surface area contributed by atoms with Gasteiger partial charge in [-0.05, 0) is 30.5 Å². The fraction of sp³-hybridized carbons (Fsp3) is 0.130. The van der Waals surface area contributed by atoms with E-state index >= 15 is 0 Å². The molecule has 0 atom stereocenters. The van der Waals surface area contributed by atoms with E-state index in [0.29, 0.717) is 11.2 Å². The lowest BCUT2D eigenvalue weighted by Crippen LogP contribution is -2.23. The summed E-state index contributed by atoms with van der Waals surface area (Å²) in [7, 11) is 0. The molecule has 2 aromatic carbocycles. The lowest BCUT2D eigenvalue weighted by molar-refractivity contribution is 0.796. The summed E-state index contributed by atoms with van der Waals surface area (Å²) in [4.78, 5) is 18.9. The fourth-order valence-electron chi connectivity index (χ4n) is 3.19. The van der Waals surface area contributed by atoms with Crippen molar-refractivity contribution in [2.75, 3.05) is 0 Å². The van der Waals surface area contributed by atoms with Crippen LogP contribution >= 0.6 is 11.3 Å². The Morgan fingerprint density at radius 1 is 1.07 bits per heavy atom. The molecule has 0 aliphatic rings. The van der Waals surface area contributed by atoms with Gasteiger partial charge in [0.1, 0.15) is 10.7 Å². The quantitative estimate of drug-likeness (QED) is 0.474. The molecule has 4 aromatic rings. The molecule has 27 heavy (non-hydrogen) atoms. The third kappa shape index (κ3) is 2.97. The van der Waals surface area contributed by atoms with Gasteiger partial charge < -0.3 is 0 Å². The zero-order chi connectivity index (χ0) is 19.0. The number of thiophene rings is 1. The number of aryl methyl sites for hydroxylation is 2. The molecule has 0 fully saturated rings. The van der Waals surface area contributed by atoms with Crippen molar-refractivity contribution >= 4 is 21.6 Å². The van der Waals surface area contributed by atoms with Gasteiger partial charge in [0.25, 0.3) is 5.56 Å². The highest BCUT2D eigenvalue weighted by molar-refractivity contribution is 7.17. The van der Waals surface area contributed by atoms with Gasteiger partial charge in [0.2, 0.25) is 0 Å². The number of hydrogen-bond acceptors (Lipinski definition) is 3. The molecule has 0 aliphatic carbocycles. The van der Waals surface area contributed by atoms with Gasteiger partial charge in [0, 0.05) is 16.5 Å². The monoisotopic (exact) mass is 370 g/mol. The van der Waals surface area contributed by atoms with E-state index in [9.17, 15) is 4.79 Å². The van der Waals surface area contributed by atoms with Gasteiger partial charge in [-0.25, -0.2) is 4.98 Å². The van der Waals surface area contributed by atoms with E-state index in [1.807, 2.05) is 35.7 Å². The molecule has 0 unspecified atom stereocenters. The van der Waals surface area contributed by atoms with Crippen molar-refractivity contribution in [1.82, 2.24) is 9.55 Å². The Labute approximate surface area is 162 Å². The molecule has 3 nitrogen and oxygen atoms in total. The molecule has 2 aromatic heterocycles. The van der Waals surface area contributed by atoms with E-state index in [0.717, 1.165) is 21.5 Å². The number of rotatable bonds is 3. The Bertz CT molecular complexity index is 1240. The van der Waals surface area contributed by atoms with E-state index in [2.05, 4.69) is 38.0 Å².